The molecule has 0 spiro atoms. The Labute approximate surface area is 187 Å². The van der Waals surface area contributed by atoms with Crippen molar-refractivity contribution in [1.82, 2.24) is 15.3 Å². The Kier molecular flexibility index (Phi) is 7.56. The van der Waals surface area contributed by atoms with Gasteiger partial charge in [0.25, 0.3) is 0 Å². The van der Waals surface area contributed by atoms with E-state index in [1.807, 2.05) is 0 Å². The molecule has 0 aliphatic carbocycles. The molecular formula is C23H29N3O6. The second-order valence-electron chi connectivity index (χ2n) is 9.24. The molecule has 0 saturated heterocycles. The van der Waals surface area contributed by atoms with Crippen molar-refractivity contribution >= 4 is 18.0 Å². The van der Waals surface area contributed by atoms with E-state index in [4.69, 9.17) is 9.47 Å². The fourth-order valence-electron chi connectivity index (χ4n) is 2.60. The number of aliphatic carboxylic acids is 1. The van der Waals surface area contributed by atoms with Crippen LogP contribution in [0.4, 0.5) is 4.79 Å². The van der Waals surface area contributed by atoms with Gasteiger partial charge in [0, 0.05) is 24.4 Å². The lowest BCUT2D eigenvalue weighted by Gasteiger charge is -2.22. The minimum Gasteiger partial charge on any atom is -0.480 e. The van der Waals surface area contributed by atoms with Crippen LogP contribution in [0.15, 0.2) is 36.7 Å². The standard InChI is InChI=1S/C23H29N3O6/c1-22(2,3)31-20(29)16-12-24-18(25-13-16)15-9-7-14(8-10-15)11-17(19(27)28)26-21(30)32-23(4,5)6/h7-10,12-13,17H,11H2,1-6H3,(H,26,30)(H,27,28). The Bertz CT molecular complexity index is 957. The van der Waals surface area contributed by atoms with Crippen molar-refractivity contribution < 1.29 is 29.0 Å². The Morgan fingerprint density at radius 2 is 1.47 bits per heavy atom. The number of hydrogen-bond acceptors (Lipinski definition) is 7. The van der Waals surface area contributed by atoms with Gasteiger partial charge in [-0.3, -0.25) is 0 Å². The van der Waals surface area contributed by atoms with Crippen LogP contribution in [-0.4, -0.2) is 50.4 Å². The number of carbonyl (C=O) groups excluding carboxylic acids is 2. The smallest absolute Gasteiger partial charge is 0.408 e. The first kappa shape index (κ1) is 24.8. The van der Waals surface area contributed by atoms with Gasteiger partial charge in [0.05, 0.1) is 5.56 Å². The third-order valence-corrected chi connectivity index (χ3v) is 3.93. The summed E-state index contributed by atoms with van der Waals surface area (Å²) in [5, 5.41) is 11.8. The van der Waals surface area contributed by atoms with Crippen LogP contribution >= 0.6 is 0 Å². The minimum atomic E-state index is -1.17. The fraction of sp³-hybridized carbons (Fsp3) is 0.435. The number of aromatic nitrogens is 2. The summed E-state index contributed by atoms with van der Waals surface area (Å²) in [6.07, 6.45) is 2.08. The fourth-order valence-corrected chi connectivity index (χ4v) is 2.60. The molecule has 2 rings (SSSR count). The lowest BCUT2D eigenvalue weighted by atomic mass is 10.0. The number of rotatable bonds is 6. The molecule has 0 aliphatic heterocycles. The molecule has 2 N–H and O–H groups in total. The quantitative estimate of drug-likeness (QED) is 0.648. The van der Waals surface area contributed by atoms with Crippen molar-refractivity contribution in [2.24, 2.45) is 0 Å². The molecule has 1 amide bonds. The Morgan fingerprint density at radius 3 is 1.94 bits per heavy atom. The van der Waals surface area contributed by atoms with Crippen molar-refractivity contribution in [2.45, 2.75) is 65.2 Å². The molecule has 0 saturated carbocycles. The summed E-state index contributed by atoms with van der Waals surface area (Å²) >= 11 is 0. The first-order chi connectivity index (χ1) is 14.7. The Morgan fingerprint density at radius 1 is 0.938 bits per heavy atom. The van der Waals surface area contributed by atoms with Crippen molar-refractivity contribution in [1.29, 1.82) is 0 Å². The predicted octanol–water partition coefficient (Wildman–Crippen LogP) is 3.62. The highest BCUT2D eigenvalue weighted by atomic mass is 16.6. The summed E-state index contributed by atoms with van der Waals surface area (Å²) in [6, 6.07) is 5.80. The van der Waals surface area contributed by atoms with Gasteiger partial charge in [-0.1, -0.05) is 24.3 Å². The molecule has 1 atom stereocenters. The van der Waals surface area contributed by atoms with E-state index in [9.17, 15) is 19.5 Å². The van der Waals surface area contributed by atoms with Gasteiger partial charge >= 0.3 is 18.0 Å². The summed E-state index contributed by atoms with van der Waals surface area (Å²) in [5.41, 5.74) is 0.294. The summed E-state index contributed by atoms with van der Waals surface area (Å²) in [4.78, 5) is 43.9. The third kappa shape index (κ3) is 7.98. The van der Waals surface area contributed by atoms with Crippen molar-refractivity contribution in [3.05, 3.63) is 47.8 Å². The number of esters is 1. The monoisotopic (exact) mass is 443 g/mol. The van der Waals surface area contributed by atoms with Crippen LogP contribution in [-0.2, 0) is 20.7 Å². The van der Waals surface area contributed by atoms with Crippen LogP contribution in [0.1, 0.15) is 57.5 Å². The maximum Gasteiger partial charge on any atom is 0.408 e. The number of carbonyl (C=O) groups is 3. The van der Waals surface area contributed by atoms with Crippen molar-refractivity contribution in [2.75, 3.05) is 0 Å². The second-order valence-corrected chi connectivity index (χ2v) is 9.24. The molecule has 9 heteroatoms. The van der Waals surface area contributed by atoms with Crippen LogP contribution in [0.3, 0.4) is 0 Å². The van der Waals surface area contributed by atoms with Gasteiger partial charge in [-0.2, -0.15) is 0 Å². The highest BCUT2D eigenvalue weighted by Crippen LogP contribution is 2.18. The van der Waals surface area contributed by atoms with E-state index in [1.165, 1.54) is 12.4 Å². The van der Waals surface area contributed by atoms with Gasteiger partial charge in [-0.25, -0.2) is 24.4 Å². The minimum absolute atomic E-state index is 0.0767. The molecule has 2 aromatic rings. The van der Waals surface area contributed by atoms with Crippen molar-refractivity contribution in [3.8, 4) is 11.4 Å². The number of amides is 1. The van der Waals surface area contributed by atoms with E-state index in [-0.39, 0.29) is 12.0 Å². The molecule has 0 fully saturated rings. The summed E-state index contributed by atoms with van der Waals surface area (Å²) in [6.45, 7) is 10.4. The van der Waals surface area contributed by atoms with E-state index < -0.39 is 35.3 Å². The van der Waals surface area contributed by atoms with Crippen LogP contribution in [0, 0.1) is 0 Å². The molecule has 32 heavy (non-hydrogen) atoms. The highest BCUT2D eigenvalue weighted by molar-refractivity contribution is 5.89. The maximum absolute atomic E-state index is 12.1. The molecular weight excluding hydrogens is 414 g/mol. The van der Waals surface area contributed by atoms with E-state index in [0.717, 1.165) is 0 Å². The lowest BCUT2D eigenvalue weighted by molar-refractivity contribution is -0.139. The zero-order valence-corrected chi connectivity index (χ0v) is 19.1. The molecule has 1 unspecified atom stereocenters. The number of ether oxygens (including phenoxy) is 2. The number of carboxylic acids is 1. The predicted molar refractivity (Wildman–Crippen MR) is 117 cm³/mol. The molecule has 9 nitrogen and oxygen atoms in total. The molecule has 172 valence electrons. The summed E-state index contributed by atoms with van der Waals surface area (Å²) in [7, 11) is 0. The van der Waals surface area contributed by atoms with Crippen molar-refractivity contribution in [3.63, 3.8) is 0 Å². The number of benzene rings is 1. The first-order valence-corrected chi connectivity index (χ1v) is 10.1. The molecule has 0 bridgehead atoms. The zero-order valence-electron chi connectivity index (χ0n) is 19.1. The SMILES string of the molecule is CC(C)(C)OC(=O)NC(Cc1ccc(-c2ncc(C(=O)OC(C)(C)C)cn2)cc1)C(=O)O. The topological polar surface area (TPSA) is 128 Å². The van der Waals surface area contributed by atoms with Gasteiger partial charge in [0.1, 0.15) is 17.2 Å². The average Bonchev–Trinajstić information content (AvgIpc) is 2.65. The second kappa shape index (κ2) is 9.76. The van der Waals surface area contributed by atoms with E-state index >= 15 is 0 Å². The molecule has 0 radical (unpaired) electrons. The number of carboxylic acid groups (broad SMARTS) is 1. The zero-order chi connectivity index (χ0) is 24.1. The molecule has 1 aromatic heterocycles. The summed E-state index contributed by atoms with van der Waals surface area (Å²) in [5.74, 6) is -1.26. The summed E-state index contributed by atoms with van der Waals surface area (Å²) < 4.78 is 10.4. The third-order valence-electron chi connectivity index (χ3n) is 3.93. The average molecular weight is 444 g/mol. The number of hydrogen-bond donors (Lipinski definition) is 2. The molecule has 1 aromatic carbocycles. The number of nitrogens with zero attached hydrogens (tertiary/aromatic N) is 2. The van der Waals surface area contributed by atoms with Gasteiger partial charge in [-0.05, 0) is 47.1 Å². The van der Waals surface area contributed by atoms with E-state index in [1.54, 1.807) is 65.8 Å². The number of alkyl carbamates (subject to hydrolysis) is 1. The van der Waals surface area contributed by atoms with Gasteiger partial charge in [-0.15, -0.1) is 0 Å². The maximum atomic E-state index is 12.1. The van der Waals surface area contributed by atoms with Gasteiger partial charge in [0.2, 0.25) is 0 Å². The number of nitrogens with one attached hydrogen (secondary N) is 1. The van der Waals surface area contributed by atoms with Gasteiger partial charge < -0.3 is 19.9 Å². The normalized spacial score (nSPS) is 12.6. The molecule has 1 heterocycles. The van der Waals surface area contributed by atoms with E-state index in [2.05, 4.69) is 15.3 Å². The molecule has 0 aliphatic rings. The van der Waals surface area contributed by atoms with Crippen LogP contribution in [0.5, 0.6) is 0 Å². The van der Waals surface area contributed by atoms with Gasteiger partial charge in [0.15, 0.2) is 5.82 Å². The van der Waals surface area contributed by atoms with Crippen LogP contribution in [0.2, 0.25) is 0 Å². The largest absolute Gasteiger partial charge is 0.480 e. The highest BCUT2D eigenvalue weighted by Gasteiger charge is 2.24. The Hall–Kier alpha value is -3.49. The van der Waals surface area contributed by atoms with E-state index in [0.29, 0.717) is 17.0 Å². The Balaban J connectivity index is 2.06. The first-order valence-electron chi connectivity index (χ1n) is 10.1. The van der Waals surface area contributed by atoms with Crippen LogP contribution < -0.4 is 5.32 Å². The van der Waals surface area contributed by atoms with Crippen LogP contribution in [0.25, 0.3) is 11.4 Å². The lowest BCUT2D eigenvalue weighted by Crippen LogP contribution is -2.44.